The van der Waals surface area contributed by atoms with E-state index in [0.29, 0.717) is 5.39 Å². The zero-order valence-electron chi connectivity index (χ0n) is 10.5. The molecule has 5 nitrogen and oxygen atoms in total. The molecule has 0 aliphatic heterocycles. The van der Waals surface area contributed by atoms with Crippen molar-refractivity contribution in [2.75, 3.05) is 0 Å². The van der Waals surface area contributed by atoms with Crippen molar-refractivity contribution in [1.82, 2.24) is 4.72 Å². The third kappa shape index (κ3) is 2.84. The molecule has 0 bridgehead atoms. The van der Waals surface area contributed by atoms with Crippen LogP contribution in [0.2, 0.25) is 0 Å². The summed E-state index contributed by atoms with van der Waals surface area (Å²) in [5, 5.41) is 10.1. The summed E-state index contributed by atoms with van der Waals surface area (Å²) in [5.41, 5.74) is 0. The van der Waals surface area contributed by atoms with Gasteiger partial charge < -0.3 is 5.11 Å². The fourth-order valence-electron chi connectivity index (χ4n) is 1.82. The Kier molecular flexibility index (Phi) is 4.12. The molecule has 0 saturated heterocycles. The van der Waals surface area contributed by atoms with Gasteiger partial charge in [-0.15, -0.1) is 0 Å². The number of hydrogen-bond donors (Lipinski definition) is 2. The molecule has 20 heavy (non-hydrogen) atoms. The average molecular weight is 358 g/mol. The summed E-state index contributed by atoms with van der Waals surface area (Å²) < 4.78 is 27.5. The van der Waals surface area contributed by atoms with Crippen molar-refractivity contribution in [3.8, 4) is 0 Å². The molecule has 0 aliphatic carbocycles. The number of sulfonamides is 1. The van der Waals surface area contributed by atoms with Crippen LogP contribution < -0.4 is 4.72 Å². The lowest BCUT2D eigenvalue weighted by Gasteiger charge is -2.12. The molecule has 0 saturated carbocycles. The second-order valence-corrected chi connectivity index (χ2v) is 6.81. The number of nitrogens with one attached hydrogen (secondary N) is 1. The van der Waals surface area contributed by atoms with Crippen molar-refractivity contribution < 1.29 is 18.3 Å². The highest BCUT2D eigenvalue weighted by Crippen LogP contribution is 2.29. The van der Waals surface area contributed by atoms with Gasteiger partial charge in [0.05, 0.1) is 4.90 Å². The Morgan fingerprint density at radius 3 is 2.40 bits per heavy atom. The summed E-state index contributed by atoms with van der Waals surface area (Å²) in [6.45, 7) is 1.28. The van der Waals surface area contributed by atoms with E-state index in [1.807, 2.05) is 0 Å². The molecule has 0 radical (unpaired) electrons. The average Bonchev–Trinajstić information content (AvgIpc) is 2.38. The minimum absolute atomic E-state index is 0.0596. The summed E-state index contributed by atoms with van der Waals surface area (Å²) in [4.78, 5) is 10.9. The molecule has 2 aromatic rings. The van der Waals surface area contributed by atoms with Crippen molar-refractivity contribution in [2.24, 2.45) is 0 Å². The Labute approximate surface area is 124 Å². The van der Waals surface area contributed by atoms with Crippen LogP contribution in [0.25, 0.3) is 10.8 Å². The molecule has 0 heterocycles. The highest BCUT2D eigenvalue weighted by molar-refractivity contribution is 9.10. The summed E-state index contributed by atoms with van der Waals surface area (Å²) in [6.07, 6.45) is 0. The van der Waals surface area contributed by atoms with Crippen LogP contribution in [-0.4, -0.2) is 25.5 Å². The van der Waals surface area contributed by atoms with Crippen LogP contribution in [0.1, 0.15) is 6.92 Å². The third-order valence-electron chi connectivity index (χ3n) is 2.82. The second-order valence-electron chi connectivity index (χ2n) is 4.27. The first-order valence-corrected chi connectivity index (χ1v) is 8.03. The number of fused-ring (bicyclic) bond motifs is 1. The van der Waals surface area contributed by atoms with Crippen LogP contribution in [-0.2, 0) is 14.8 Å². The van der Waals surface area contributed by atoms with E-state index in [0.717, 1.165) is 9.86 Å². The summed E-state index contributed by atoms with van der Waals surface area (Å²) in [7, 11) is -3.90. The van der Waals surface area contributed by atoms with Gasteiger partial charge in [-0.05, 0) is 24.4 Å². The zero-order chi connectivity index (χ0) is 14.9. The molecular weight excluding hydrogens is 346 g/mol. The lowest BCUT2D eigenvalue weighted by Crippen LogP contribution is -2.38. The lowest BCUT2D eigenvalue weighted by atomic mass is 10.1. The molecular formula is C13H12BrNO4S. The molecule has 0 spiro atoms. The number of aliphatic carboxylic acids is 1. The standard InChI is InChI=1S/C13H12BrNO4S/c1-8(13(16)17)15-20(18,19)12-7-6-11(14)9-4-2-3-5-10(9)12/h2-8,15H,1H3,(H,16,17)/t8-/m1/s1. The zero-order valence-corrected chi connectivity index (χ0v) is 12.9. The van der Waals surface area contributed by atoms with E-state index in [1.54, 1.807) is 30.3 Å². The molecule has 0 fully saturated rings. The topological polar surface area (TPSA) is 83.5 Å². The van der Waals surface area contributed by atoms with Crippen molar-refractivity contribution in [3.05, 3.63) is 40.9 Å². The van der Waals surface area contributed by atoms with Gasteiger partial charge in [-0.2, -0.15) is 4.72 Å². The van der Waals surface area contributed by atoms with Crippen LogP contribution in [0.15, 0.2) is 45.8 Å². The van der Waals surface area contributed by atoms with E-state index in [9.17, 15) is 13.2 Å². The van der Waals surface area contributed by atoms with E-state index in [-0.39, 0.29) is 4.90 Å². The molecule has 7 heteroatoms. The van der Waals surface area contributed by atoms with Crippen LogP contribution in [0.4, 0.5) is 0 Å². The van der Waals surface area contributed by atoms with Crippen molar-refractivity contribution in [1.29, 1.82) is 0 Å². The number of carboxylic acids is 1. The summed E-state index contributed by atoms with van der Waals surface area (Å²) >= 11 is 3.36. The van der Waals surface area contributed by atoms with Crippen LogP contribution in [0, 0.1) is 0 Å². The molecule has 0 aromatic heterocycles. The molecule has 0 aliphatic rings. The Morgan fingerprint density at radius 2 is 1.80 bits per heavy atom. The van der Waals surface area contributed by atoms with Crippen LogP contribution in [0.3, 0.4) is 0 Å². The van der Waals surface area contributed by atoms with Crippen molar-refractivity contribution in [3.63, 3.8) is 0 Å². The van der Waals surface area contributed by atoms with Gasteiger partial charge in [0.1, 0.15) is 6.04 Å². The number of carboxylic acid groups (broad SMARTS) is 1. The normalized spacial score (nSPS) is 13.3. The largest absolute Gasteiger partial charge is 0.480 e. The van der Waals surface area contributed by atoms with Gasteiger partial charge >= 0.3 is 5.97 Å². The minimum atomic E-state index is -3.90. The van der Waals surface area contributed by atoms with E-state index in [1.165, 1.54) is 13.0 Å². The maximum atomic E-state index is 12.3. The number of benzene rings is 2. The predicted molar refractivity (Wildman–Crippen MR) is 79.1 cm³/mol. The van der Waals surface area contributed by atoms with Crippen LogP contribution in [0.5, 0.6) is 0 Å². The van der Waals surface area contributed by atoms with Gasteiger partial charge in [0, 0.05) is 9.86 Å². The van der Waals surface area contributed by atoms with Gasteiger partial charge in [0.25, 0.3) is 0 Å². The highest BCUT2D eigenvalue weighted by atomic mass is 79.9. The Hall–Kier alpha value is -1.44. The van der Waals surface area contributed by atoms with E-state index < -0.39 is 22.0 Å². The first-order chi connectivity index (χ1) is 9.33. The number of rotatable bonds is 4. The second kappa shape index (κ2) is 5.51. The molecule has 106 valence electrons. The predicted octanol–water partition coefficient (Wildman–Crippen LogP) is 2.35. The van der Waals surface area contributed by atoms with Gasteiger partial charge in [-0.3, -0.25) is 4.79 Å². The first-order valence-electron chi connectivity index (χ1n) is 5.75. The number of hydrogen-bond acceptors (Lipinski definition) is 3. The molecule has 1 atom stereocenters. The summed E-state index contributed by atoms with van der Waals surface area (Å²) in [6, 6.07) is 8.89. The van der Waals surface area contributed by atoms with Gasteiger partial charge in [-0.25, -0.2) is 8.42 Å². The van der Waals surface area contributed by atoms with E-state index in [2.05, 4.69) is 20.7 Å². The van der Waals surface area contributed by atoms with E-state index >= 15 is 0 Å². The summed E-state index contributed by atoms with van der Waals surface area (Å²) in [5.74, 6) is -1.23. The molecule has 2 rings (SSSR count). The van der Waals surface area contributed by atoms with Gasteiger partial charge in [0.15, 0.2) is 0 Å². The fraction of sp³-hybridized carbons (Fsp3) is 0.154. The van der Waals surface area contributed by atoms with Gasteiger partial charge in [0.2, 0.25) is 10.0 Å². The fourth-order valence-corrected chi connectivity index (χ4v) is 3.70. The maximum Gasteiger partial charge on any atom is 0.321 e. The lowest BCUT2D eigenvalue weighted by molar-refractivity contribution is -0.138. The van der Waals surface area contributed by atoms with Gasteiger partial charge in [-0.1, -0.05) is 40.2 Å². The SMILES string of the molecule is C[C@@H](NS(=O)(=O)c1ccc(Br)c2ccccc12)C(=O)O. The Bertz CT molecular complexity index is 773. The molecule has 0 unspecified atom stereocenters. The Morgan fingerprint density at radius 1 is 1.20 bits per heavy atom. The molecule has 2 N–H and O–H groups in total. The molecule has 0 amide bonds. The monoisotopic (exact) mass is 357 g/mol. The highest BCUT2D eigenvalue weighted by Gasteiger charge is 2.23. The number of halogens is 1. The number of carbonyl (C=O) groups is 1. The third-order valence-corrected chi connectivity index (χ3v) is 5.11. The Balaban J connectivity index is 2.58. The van der Waals surface area contributed by atoms with Crippen molar-refractivity contribution >= 4 is 42.7 Å². The minimum Gasteiger partial charge on any atom is -0.480 e. The van der Waals surface area contributed by atoms with Crippen LogP contribution >= 0.6 is 15.9 Å². The van der Waals surface area contributed by atoms with E-state index in [4.69, 9.17) is 5.11 Å². The smallest absolute Gasteiger partial charge is 0.321 e. The van der Waals surface area contributed by atoms with Crippen molar-refractivity contribution in [2.45, 2.75) is 17.9 Å². The maximum absolute atomic E-state index is 12.3. The first kappa shape index (κ1) is 15.0. The molecule has 2 aromatic carbocycles. The quantitative estimate of drug-likeness (QED) is 0.879.